The van der Waals surface area contributed by atoms with Crippen LogP contribution >= 0.6 is 11.3 Å². The second-order valence-corrected chi connectivity index (χ2v) is 7.07. The number of rotatable bonds is 6. The number of hydrogen-bond acceptors (Lipinski definition) is 3. The molecule has 1 aliphatic heterocycles. The molecule has 1 atom stereocenters. The maximum atomic E-state index is 5.55. The van der Waals surface area contributed by atoms with E-state index in [0.29, 0.717) is 5.92 Å². The predicted octanol–water partition coefficient (Wildman–Crippen LogP) is 3.19. The average Bonchev–Trinajstić information content (AvgIpc) is 3.28. The molecular formula is C19H25N3OS. The first-order valence-electron chi connectivity index (χ1n) is 8.49. The van der Waals surface area contributed by atoms with Gasteiger partial charge in [0, 0.05) is 37.4 Å². The number of aliphatic imine (C=N–C) groups is 1. The molecule has 0 saturated carbocycles. The standard InChI is InChI=1S/C19H25N3OS/c1-14(18-4-3-11-24-18)13-22-19(20-2)21-9-7-15-5-6-17-16(12-15)8-10-23-17/h3-6,11-12,14H,7-10,13H2,1-2H3,(H2,20,21,22). The Kier molecular flexibility index (Phi) is 5.75. The minimum Gasteiger partial charge on any atom is -0.493 e. The molecule has 0 bridgehead atoms. The largest absolute Gasteiger partial charge is 0.493 e. The van der Waals surface area contributed by atoms with Crippen LogP contribution in [-0.2, 0) is 12.8 Å². The molecule has 2 heterocycles. The van der Waals surface area contributed by atoms with Crippen molar-refractivity contribution >= 4 is 17.3 Å². The molecule has 2 aromatic rings. The highest BCUT2D eigenvalue weighted by Gasteiger charge is 2.12. The first-order chi connectivity index (χ1) is 11.8. The van der Waals surface area contributed by atoms with Crippen LogP contribution in [0.1, 0.15) is 28.8 Å². The highest BCUT2D eigenvalue weighted by atomic mass is 32.1. The minimum absolute atomic E-state index is 0.486. The van der Waals surface area contributed by atoms with Gasteiger partial charge in [-0.05, 0) is 35.1 Å². The van der Waals surface area contributed by atoms with Crippen molar-refractivity contribution < 1.29 is 4.74 Å². The van der Waals surface area contributed by atoms with Gasteiger partial charge in [0.15, 0.2) is 5.96 Å². The van der Waals surface area contributed by atoms with E-state index in [1.807, 2.05) is 7.05 Å². The second-order valence-electron chi connectivity index (χ2n) is 6.09. The monoisotopic (exact) mass is 343 g/mol. The molecule has 128 valence electrons. The van der Waals surface area contributed by atoms with Gasteiger partial charge >= 0.3 is 0 Å². The van der Waals surface area contributed by atoms with Crippen LogP contribution in [0.2, 0.25) is 0 Å². The molecule has 2 N–H and O–H groups in total. The number of guanidine groups is 1. The van der Waals surface area contributed by atoms with E-state index in [-0.39, 0.29) is 0 Å². The smallest absolute Gasteiger partial charge is 0.191 e. The SMILES string of the molecule is CN=C(NCCc1ccc2c(c1)CCO2)NCC(C)c1cccs1. The van der Waals surface area contributed by atoms with Crippen LogP contribution < -0.4 is 15.4 Å². The Morgan fingerprint density at radius 2 is 2.25 bits per heavy atom. The van der Waals surface area contributed by atoms with E-state index in [2.05, 4.69) is 58.3 Å². The van der Waals surface area contributed by atoms with Gasteiger partial charge in [-0.25, -0.2) is 0 Å². The van der Waals surface area contributed by atoms with E-state index in [1.54, 1.807) is 11.3 Å². The van der Waals surface area contributed by atoms with Crippen molar-refractivity contribution in [2.75, 3.05) is 26.7 Å². The zero-order chi connectivity index (χ0) is 16.8. The summed E-state index contributed by atoms with van der Waals surface area (Å²) in [5.41, 5.74) is 2.67. The Balaban J connectivity index is 1.43. The third-order valence-corrected chi connectivity index (χ3v) is 5.39. The lowest BCUT2D eigenvalue weighted by molar-refractivity contribution is 0.357. The molecule has 1 aromatic carbocycles. The first kappa shape index (κ1) is 16.8. The molecule has 0 spiro atoms. The van der Waals surface area contributed by atoms with Crippen molar-refractivity contribution in [2.24, 2.45) is 4.99 Å². The lowest BCUT2D eigenvalue weighted by Gasteiger charge is -2.15. The molecule has 0 saturated heterocycles. The van der Waals surface area contributed by atoms with Crippen LogP contribution in [0.3, 0.4) is 0 Å². The van der Waals surface area contributed by atoms with Gasteiger partial charge in [-0.15, -0.1) is 11.3 Å². The van der Waals surface area contributed by atoms with Crippen LogP contribution in [0.4, 0.5) is 0 Å². The summed E-state index contributed by atoms with van der Waals surface area (Å²) in [6, 6.07) is 10.8. The Bertz CT molecular complexity index is 682. The highest BCUT2D eigenvalue weighted by molar-refractivity contribution is 7.10. The zero-order valence-electron chi connectivity index (χ0n) is 14.3. The quantitative estimate of drug-likeness (QED) is 0.625. The Morgan fingerprint density at radius 3 is 3.04 bits per heavy atom. The van der Waals surface area contributed by atoms with Crippen LogP contribution in [-0.4, -0.2) is 32.7 Å². The molecule has 4 nitrogen and oxygen atoms in total. The zero-order valence-corrected chi connectivity index (χ0v) is 15.2. The Labute approximate surface area is 148 Å². The number of ether oxygens (including phenoxy) is 1. The van der Waals surface area contributed by atoms with Crippen LogP contribution in [0.15, 0.2) is 40.7 Å². The highest BCUT2D eigenvalue weighted by Crippen LogP contribution is 2.25. The van der Waals surface area contributed by atoms with E-state index >= 15 is 0 Å². The second kappa shape index (κ2) is 8.20. The fourth-order valence-electron chi connectivity index (χ4n) is 2.86. The third kappa shape index (κ3) is 4.29. The van der Waals surface area contributed by atoms with Crippen molar-refractivity contribution in [1.29, 1.82) is 0 Å². The number of thiophene rings is 1. The van der Waals surface area contributed by atoms with E-state index in [1.165, 1.54) is 16.0 Å². The molecule has 1 unspecified atom stereocenters. The van der Waals surface area contributed by atoms with Gasteiger partial charge in [0.1, 0.15) is 5.75 Å². The number of hydrogen-bond donors (Lipinski definition) is 2. The van der Waals surface area contributed by atoms with E-state index in [4.69, 9.17) is 4.74 Å². The van der Waals surface area contributed by atoms with Gasteiger partial charge < -0.3 is 15.4 Å². The van der Waals surface area contributed by atoms with Gasteiger partial charge in [0.05, 0.1) is 6.61 Å². The van der Waals surface area contributed by atoms with Gasteiger partial charge in [0.25, 0.3) is 0 Å². The lowest BCUT2D eigenvalue weighted by Crippen LogP contribution is -2.39. The fourth-order valence-corrected chi connectivity index (χ4v) is 3.65. The van der Waals surface area contributed by atoms with Crippen LogP contribution in [0, 0.1) is 0 Å². The van der Waals surface area contributed by atoms with Gasteiger partial charge in [0.2, 0.25) is 0 Å². The molecule has 24 heavy (non-hydrogen) atoms. The van der Waals surface area contributed by atoms with Crippen molar-refractivity contribution in [3.05, 3.63) is 51.7 Å². The van der Waals surface area contributed by atoms with Gasteiger partial charge in [-0.3, -0.25) is 4.99 Å². The van der Waals surface area contributed by atoms with E-state index in [0.717, 1.165) is 44.2 Å². The molecule has 3 rings (SSSR count). The lowest BCUT2D eigenvalue weighted by atomic mass is 10.1. The van der Waals surface area contributed by atoms with Crippen molar-refractivity contribution in [3.8, 4) is 5.75 Å². The fraction of sp³-hybridized carbons (Fsp3) is 0.421. The summed E-state index contributed by atoms with van der Waals surface area (Å²) in [4.78, 5) is 5.71. The number of fused-ring (bicyclic) bond motifs is 1. The summed E-state index contributed by atoms with van der Waals surface area (Å²) in [6.45, 7) is 4.80. The molecule has 0 amide bonds. The molecule has 5 heteroatoms. The number of benzene rings is 1. The summed E-state index contributed by atoms with van der Waals surface area (Å²) in [5, 5.41) is 8.93. The molecular weight excluding hydrogens is 318 g/mol. The third-order valence-electron chi connectivity index (χ3n) is 4.29. The molecule has 0 radical (unpaired) electrons. The van der Waals surface area contributed by atoms with E-state index in [9.17, 15) is 0 Å². The Morgan fingerprint density at radius 1 is 1.33 bits per heavy atom. The topological polar surface area (TPSA) is 45.7 Å². The van der Waals surface area contributed by atoms with E-state index < -0.39 is 0 Å². The molecule has 1 aromatic heterocycles. The summed E-state index contributed by atoms with van der Waals surface area (Å²) in [6.07, 6.45) is 2.01. The summed E-state index contributed by atoms with van der Waals surface area (Å²) in [7, 11) is 1.82. The summed E-state index contributed by atoms with van der Waals surface area (Å²) >= 11 is 1.80. The normalized spacial score (nSPS) is 14.8. The van der Waals surface area contributed by atoms with Crippen molar-refractivity contribution in [3.63, 3.8) is 0 Å². The predicted molar refractivity (Wildman–Crippen MR) is 101 cm³/mol. The summed E-state index contributed by atoms with van der Waals surface area (Å²) in [5.74, 6) is 2.40. The maximum absolute atomic E-state index is 5.55. The molecule has 0 fully saturated rings. The molecule has 1 aliphatic rings. The number of nitrogens with zero attached hydrogens (tertiary/aromatic N) is 1. The number of nitrogens with one attached hydrogen (secondary N) is 2. The minimum atomic E-state index is 0.486. The van der Waals surface area contributed by atoms with Crippen LogP contribution in [0.25, 0.3) is 0 Å². The van der Waals surface area contributed by atoms with Crippen molar-refractivity contribution in [2.45, 2.75) is 25.7 Å². The first-order valence-corrected chi connectivity index (χ1v) is 9.36. The molecule has 0 aliphatic carbocycles. The summed E-state index contributed by atoms with van der Waals surface area (Å²) < 4.78 is 5.55. The van der Waals surface area contributed by atoms with Gasteiger partial charge in [-0.1, -0.05) is 25.1 Å². The maximum Gasteiger partial charge on any atom is 0.191 e. The van der Waals surface area contributed by atoms with Crippen LogP contribution in [0.5, 0.6) is 5.75 Å². The average molecular weight is 343 g/mol. The Hall–Kier alpha value is -2.01. The van der Waals surface area contributed by atoms with Gasteiger partial charge in [-0.2, -0.15) is 0 Å². The van der Waals surface area contributed by atoms with Crippen molar-refractivity contribution in [1.82, 2.24) is 10.6 Å².